The minimum absolute atomic E-state index is 0.484. The summed E-state index contributed by atoms with van der Waals surface area (Å²) in [5.74, 6) is 7.53. The van der Waals surface area contributed by atoms with Gasteiger partial charge in [0.2, 0.25) is 0 Å². The molecule has 168 valence electrons. The van der Waals surface area contributed by atoms with Crippen molar-refractivity contribution in [1.29, 1.82) is 0 Å². The van der Waals surface area contributed by atoms with Gasteiger partial charge in [-0.25, -0.2) is 0 Å². The lowest BCUT2D eigenvalue weighted by Crippen LogP contribution is -2.66. The van der Waals surface area contributed by atoms with Crippen molar-refractivity contribution in [3.05, 3.63) is 84.4 Å². The fourth-order valence-corrected chi connectivity index (χ4v) is 10.6. The van der Waals surface area contributed by atoms with Crippen molar-refractivity contribution in [2.45, 2.75) is 43.9 Å². The third-order valence-corrected chi connectivity index (χ3v) is 11.6. The third kappa shape index (κ3) is 2.26. The van der Waals surface area contributed by atoms with E-state index in [4.69, 9.17) is 0 Å². The molecule has 11 rings (SSSR count). The van der Waals surface area contributed by atoms with Gasteiger partial charge in [0.25, 0.3) is 0 Å². The normalized spacial score (nSPS) is 38.9. The lowest BCUT2D eigenvalue weighted by molar-refractivity contribution is -0.212. The second-order valence-electron chi connectivity index (χ2n) is 12.7. The van der Waals surface area contributed by atoms with Crippen molar-refractivity contribution in [1.82, 2.24) is 0 Å². The predicted octanol–water partition coefficient (Wildman–Crippen LogP) is 8.62. The molecule has 0 aliphatic heterocycles. The summed E-state index contributed by atoms with van der Waals surface area (Å²) in [5.41, 5.74) is 4.89. The van der Waals surface area contributed by atoms with Crippen LogP contribution >= 0.6 is 0 Å². The first-order chi connectivity index (χ1) is 16.8. The van der Waals surface area contributed by atoms with Crippen molar-refractivity contribution in [2.75, 3.05) is 0 Å². The smallest absolute Gasteiger partial charge is 0.00384 e. The molecule has 0 saturated heterocycles. The molecule has 8 bridgehead atoms. The highest BCUT2D eigenvalue weighted by Gasteiger charge is 2.67. The molecule has 7 fully saturated rings. The van der Waals surface area contributed by atoms with Crippen LogP contribution in [-0.2, 0) is 5.41 Å². The summed E-state index contributed by atoms with van der Waals surface area (Å²) in [4.78, 5) is 0. The maximum atomic E-state index is 2.53. The minimum atomic E-state index is 0.484. The number of rotatable bonds is 2. The van der Waals surface area contributed by atoms with Crippen LogP contribution in [0.25, 0.3) is 32.7 Å². The third-order valence-electron chi connectivity index (χ3n) is 11.6. The molecule has 4 aromatic carbocycles. The van der Waals surface area contributed by atoms with Gasteiger partial charge in [-0.15, -0.1) is 0 Å². The summed E-state index contributed by atoms with van der Waals surface area (Å²) in [5, 5.41) is 5.43. The van der Waals surface area contributed by atoms with E-state index in [2.05, 4.69) is 78.9 Å². The Labute approximate surface area is 202 Å². The topological polar surface area (TPSA) is 0 Å². The highest BCUT2D eigenvalue weighted by Crippen LogP contribution is 2.74. The molecule has 0 heteroatoms. The molecule has 34 heavy (non-hydrogen) atoms. The second kappa shape index (κ2) is 6.34. The Balaban J connectivity index is 1.14. The van der Waals surface area contributed by atoms with Gasteiger partial charge < -0.3 is 0 Å². The minimum Gasteiger partial charge on any atom is -0.0616 e. The molecule has 7 aliphatic carbocycles. The molecule has 0 heterocycles. The second-order valence-corrected chi connectivity index (χ2v) is 12.7. The molecule has 0 atom stereocenters. The Morgan fingerprint density at radius 2 is 1.09 bits per heavy atom. The predicted molar refractivity (Wildman–Crippen MR) is 141 cm³/mol. The Kier molecular flexibility index (Phi) is 3.48. The lowest BCUT2D eigenvalue weighted by Gasteiger charge is -2.72. The molecule has 0 radical (unpaired) electrons. The van der Waals surface area contributed by atoms with E-state index in [1.165, 1.54) is 51.9 Å². The first kappa shape index (κ1) is 18.7. The number of benzene rings is 4. The molecule has 0 spiro atoms. The Hall–Kier alpha value is -2.60. The van der Waals surface area contributed by atoms with Crippen molar-refractivity contribution in [3.63, 3.8) is 0 Å². The average molecular weight is 441 g/mol. The Morgan fingerprint density at radius 3 is 1.74 bits per heavy atom. The first-order valence-electron chi connectivity index (χ1n) is 13.8. The van der Waals surface area contributed by atoms with Crippen molar-refractivity contribution < 1.29 is 0 Å². The van der Waals surface area contributed by atoms with Crippen molar-refractivity contribution >= 4 is 21.5 Å². The van der Waals surface area contributed by atoms with Gasteiger partial charge in [-0.05, 0) is 130 Å². The van der Waals surface area contributed by atoms with Gasteiger partial charge in [0, 0.05) is 0 Å². The van der Waals surface area contributed by atoms with Gasteiger partial charge in [0.1, 0.15) is 0 Å². The van der Waals surface area contributed by atoms with E-state index in [-0.39, 0.29) is 0 Å². The first-order valence-corrected chi connectivity index (χ1v) is 13.8. The fourth-order valence-electron chi connectivity index (χ4n) is 10.6. The zero-order valence-electron chi connectivity index (χ0n) is 19.8. The molecule has 0 amide bonds. The quantitative estimate of drug-likeness (QED) is 0.274. The van der Waals surface area contributed by atoms with Crippen LogP contribution in [-0.4, -0.2) is 0 Å². The average Bonchev–Trinajstić information content (AvgIpc) is 2.91. The molecule has 7 saturated carbocycles. The molecule has 0 nitrogen and oxygen atoms in total. The van der Waals surface area contributed by atoms with Gasteiger partial charge in [0.05, 0.1) is 0 Å². The SMILES string of the molecule is c1ccc2c(c1)cc(-c1ccc(C34CC5C6CC7CC5C(C3)C(C7)C6C4)cc1)c1ccccc12. The molecular formula is C34H32. The molecular weight excluding hydrogens is 408 g/mol. The molecule has 0 unspecified atom stereocenters. The van der Waals surface area contributed by atoms with Gasteiger partial charge in [-0.2, -0.15) is 0 Å². The number of hydrogen-bond acceptors (Lipinski definition) is 0. The van der Waals surface area contributed by atoms with Crippen LogP contribution in [0.3, 0.4) is 0 Å². The highest BCUT2D eigenvalue weighted by atomic mass is 14.7. The van der Waals surface area contributed by atoms with E-state index in [0.29, 0.717) is 5.41 Å². The van der Waals surface area contributed by atoms with Crippen LogP contribution in [0.4, 0.5) is 0 Å². The molecule has 0 aromatic heterocycles. The van der Waals surface area contributed by atoms with E-state index >= 15 is 0 Å². The van der Waals surface area contributed by atoms with Gasteiger partial charge in [-0.1, -0.05) is 72.8 Å². The fraction of sp³-hybridized carbons (Fsp3) is 0.412. The molecule has 4 aromatic rings. The van der Waals surface area contributed by atoms with Crippen LogP contribution in [0.5, 0.6) is 0 Å². The summed E-state index contributed by atoms with van der Waals surface area (Å²) in [7, 11) is 0. The molecule has 0 N–H and O–H groups in total. The summed E-state index contributed by atoms with van der Waals surface area (Å²) in [6.45, 7) is 0. The lowest BCUT2D eigenvalue weighted by atomic mass is 9.32. The van der Waals surface area contributed by atoms with E-state index in [9.17, 15) is 0 Å². The highest BCUT2D eigenvalue weighted by molar-refractivity contribution is 6.13. The zero-order chi connectivity index (χ0) is 22.0. The van der Waals surface area contributed by atoms with E-state index < -0.39 is 0 Å². The van der Waals surface area contributed by atoms with Crippen LogP contribution in [0.15, 0.2) is 78.9 Å². The number of fused-ring (bicyclic) bond motifs is 3. The maximum Gasteiger partial charge on any atom is -0.00384 e. The van der Waals surface area contributed by atoms with Crippen LogP contribution in [0.2, 0.25) is 0 Å². The summed E-state index contributed by atoms with van der Waals surface area (Å²) in [6.07, 6.45) is 9.23. The van der Waals surface area contributed by atoms with E-state index in [1.807, 2.05) is 0 Å². The van der Waals surface area contributed by atoms with Crippen LogP contribution in [0, 0.1) is 41.4 Å². The Morgan fingerprint density at radius 1 is 0.529 bits per heavy atom. The number of hydrogen-bond donors (Lipinski definition) is 0. The van der Waals surface area contributed by atoms with Crippen molar-refractivity contribution in [2.24, 2.45) is 41.4 Å². The van der Waals surface area contributed by atoms with Crippen LogP contribution in [0.1, 0.15) is 44.1 Å². The van der Waals surface area contributed by atoms with Gasteiger partial charge >= 0.3 is 0 Å². The zero-order valence-corrected chi connectivity index (χ0v) is 19.8. The van der Waals surface area contributed by atoms with Crippen molar-refractivity contribution in [3.8, 4) is 11.1 Å². The van der Waals surface area contributed by atoms with Crippen LogP contribution < -0.4 is 0 Å². The standard InChI is InChI=1S/C34H32/c1-2-6-24-22(5-1)16-27(26-8-4-3-7-25(24)26)21-9-11-23(12-10-21)34-17-31-28-13-20-14-29(31)33(19-34)30(15-20)32(28)18-34/h1-12,16,20,28-33H,13-15,17-19H2. The van der Waals surface area contributed by atoms with E-state index in [0.717, 1.165) is 41.4 Å². The van der Waals surface area contributed by atoms with E-state index in [1.54, 1.807) is 24.8 Å². The summed E-state index contributed by atoms with van der Waals surface area (Å²) in [6, 6.07) is 30.2. The van der Waals surface area contributed by atoms with Gasteiger partial charge in [0.15, 0.2) is 0 Å². The largest absolute Gasteiger partial charge is 0.0616 e. The summed E-state index contributed by atoms with van der Waals surface area (Å²) >= 11 is 0. The monoisotopic (exact) mass is 440 g/mol. The Bertz CT molecular complexity index is 1400. The van der Waals surface area contributed by atoms with Gasteiger partial charge in [-0.3, -0.25) is 0 Å². The summed E-state index contributed by atoms with van der Waals surface area (Å²) < 4.78 is 0. The maximum absolute atomic E-state index is 2.53. The molecule has 7 aliphatic rings.